The molecule has 40 heavy (non-hydrogen) atoms. The quantitative estimate of drug-likeness (QED) is 0.387. The fourth-order valence-electron chi connectivity index (χ4n) is 3.94. The number of hydrogen-bond acceptors (Lipinski definition) is 6. The summed E-state index contributed by atoms with van der Waals surface area (Å²) in [6.45, 7) is 12.0. The van der Waals surface area contributed by atoms with Crippen LogP contribution in [0.25, 0.3) is 22.4 Å². The van der Waals surface area contributed by atoms with Gasteiger partial charge in [0.25, 0.3) is 0 Å². The van der Waals surface area contributed by atoms with Crippen LogP contribution in [0.15, 0.2) is 59.6 Å². The standard InChI is InChI=1S/C23H21N3O2.C4H9N.C4H7N.C2H6/c1-15-5-9-19(10-6-15)22-20(18-11-7-17(14-24)8-12-18)13-21(28-4)23(25-3)26(22)16(2)27;1-2-4-5-3-1;1-2-3-4-5;1-2/h5-13H,1-4H3;5H,1-4H2;2-3H2,1H3;1-2H3. The van der Waals surface area contributed by atoms with Crippen molar-refractivity contribution in [1.29, 1.82) is 10.5 Å². The molecule has 1 fully saturated rings. The fraction of sp³-hybridized carbons (Fsp3) is 0.394. The fourth-order valence-corrected chi connectivity index (χ4v) is 3.94. The number of aryl methyl sites for hydroxylation is 1. The first kappa shape index (κ1) is 33.8. The normalized spacial score (nSPS) is 11.8. The Morgan fingerprint density at radius 2 is 1.60 bits per heavy atom. The highest BCUT2D eigenvalue weighted by Gasteiger charge is 2.19. The molecule has 0 unspecified atom stereocenters. The topological polar surface area (TPSA) is 103 Å². The van der Waals surface area contributed by atoms with Crippen molar-refractivity contribution in [1.82, 2.24) is 9.88 Å². The van der Waals surface area contributed by atoms with E-state index in [1.165, 1.54) is 32.9 Å². The lowest BCUT2D eigenvalue weighted by Crippen LogP contribution is -2.29. The van der Waals surface area contributed by atoms with Crippen LogP contribution in [-0.2, 0) is 0 Å². The molecule has 2 aromatic carbocycles. The molecule has 4 rings (SSSR count). The summed E-state index contributed by atoms with van der Waals surface area (Å²) in [4.78, 5) is 16.9. The minimum Gasteiger partial charge on any atom is -0.493 e. The number of rotatable bonds is 4. The zero-order valence-corrected chi connectivity index (χ0v) is 25.0. The van der Waals surface area contributed by atoms with E-state index in [1.807, 2.05) is 76.2 Å². The molecule has 0 amide bonds. The second kappa shape index (κ2) is 19.0. The first-order chi connectivity index (χ1) is 19.4. The number of carbonyl (C=O) groups excluding carboxylic acids is 1. The van der Waals surface area contributed by atoms with Gasteiger partial charge in [0.1, 0.15) is 0 Å². The van der Waals surface area contributed by atoms with E-state index in [0.29, 0.717) is 23.2 Å². The Morgan fingerprint density at radius 3 is 1.98 bits per heavy atom. The van der Waals surface area contributed by atoms with Crippen LogP contribution < -0.4 is 15.5 Å². The van der Waals surface area contributed by atoms with Gasteiger partial charge in [-0.05, 0) is 68.6 Å². The van der Waals surface area contributed by atoms with Crippen LogP contribution >= 0.6 is 0 Å². The van der Waals surface area contributed by atoms with Gasteiger partial charge in [-0.2, -0.15) is 10.5 Å². The monoisotopic (exact) mass is 541 g/mol. The lowest BCUT2D eigenvalue weighted by molar-refractivity contribution is 0.0932. The molecule has 0 saturated carbocycles. The number of nitrogens with one attached hydrogen (secondary N) is 1. The largest absolute Gasteiger partial charge is 0.493 e. The Hall–Kier alpha value is -4.20. The summed E-state index contributed by atoms with van der Waals surface area (Å²) in [5, 5.41) is 20.1. The molecule has 1 saturated heterocycles. The van der Waals surface area contributed by atoms with Gasteiger partial charge in [-0.1, -0.05) is 62.7 Å². The first-order valence-corrected chi connectivity index (χ1v) is 13.8. The van der Waals surface area contributed by atoms with Gasteiger partial charge >= 0.3 is 0 Å². The average Bonchev–Trinajstić information content (AvgIpc) is 3.59. The van der Waals surface area contributed by atoms with Gasteiger partial charge in [-0.25, -0.2) is 0 Å². The number of nitrogens with zero attached hydrogens (tertiary/aromatic N) is 4. The number of unbranched alkanes of at least 4 members (excludes halogenated alkanes) is 1. The van der Waals surface area contributed by atoms with E-state index < -0.39 is 0 Å². The van der Waals surface area contributed by atoms with Gasteiger partial charge in [0.2, 0.25) is 5.91 Å². The highest BCUT2D eigenvalue weighted by Crippen LogP contribution is 2.34. The molecule has 0 radical (unpaired) electrons. The van der Waals surface area contributed by atoms with E-state index in [9.17, 15) is 4.79 Å². The number of carbonyl (C=O) groups is 1. The minimum atomic E-state index is -0.162. The third-order valence-corrected chi connectivity index (χ3v) is 5.90. The van der Waals surface area contributed by atoms with Crippen LogP contribution in [0, 0.1) is 29.6 Å². The summed E-state index contributed by atoms with van der Waals surface area (Å²) in [7, 11) is 3.19. The smallest absolute Gasteiger partial charge is 0.229 e. The van der Waals surface area contributed by atoms with Crippen LogP contribution in [0.4, 0.5) is 0 Å². The van der Waals surface area contributed by atoms with Crippen molar-refractivity contribution in [3.05, 3.63) is 71.2 Å². The molecule has 2 heterocycles. The molecule has 7 nitrogen and oxygen atoms in total. The van der Waals surface area contributed by atoms with Crippen molar-refractivity contribution in [2.24, 2.45) is 4.99 Å². The number of hydrogen-bond donors (Lipinski definition) is 1. The Labute approximate surface area is 239 Å². The molecule has 212 valence electrons. The number of benzene rings is 2. The molecule has 7 heteroatoms. The van der Waals surface area contributed by atoms with E-state index >= 15 is 0 Å². The lowest BCUT2D eigenvalue weighted by Gasteiger charge is -2.19. The zero-order chi connectivity index (χ0) is 29.9. The second-order valence-corrected chi connectivity index (χ2v) is 8.80. The van der Waals surface area contributed by atoms with Gasteiger partial charge in [0.05, 0.1) is 30.5 Å². The van der Waals surface area contributed by atoms with E-state index in [-0.39, 0.29) is 5.91 Å². The molecule has 1 aliphatic heterocycles. The maximum Gasteiger partial charge on any atom is 0.229 e. The minimum absolute atomic E-state index is 0.162. The summed E-state index contributed by atoms with van der Waals surface area (Å²) in [5.74, 6) is 0.345. The van der Waals surface area contributed by atoms with E-state index in [4.69, 9.17) is 15.3 Å². The van der Waals surface area contributed by atoms with Crippen molar-refractivity contribution in [3.63, 3.8) is 0 Å². The molecule has 1 aliphatic rings. The molecule has 0 atom stereocenters. The molecular formula is C33H43N5O2. The van der Waals surface area contributed by atoms with Crippen molar-refractivity contribution in [3.8, 4) is 40.3 Å². The van der Waals surface area contributed by atoms with Crippen LogP contribution in [0.1, 0.15) is 69.3 Å². The van der Waals surface area contributed by atoms with Crippen molar-refractivity contribution < 1.29 is 9.53 Å². The molecule has 3 aromatic rings. The van der Waals surface area contributed by atoms with Gasteiger partial charge in [0, 0.05) is 26.0 Å². The second-order valence-electron chi connectivity index (χ2n) is 8.80. The van der Waals surface area contributed by atoms with Gasteiger partial charge < -0.3 is 10.1 Å². The molecule has 0 spiro atoms. The highest BCUT2D eigenvalue weighted by atomic mass is 16.5. The van der Waals surface area contributed by atoms with E-state index in [2.05, 4.69) is 16.4 Å². The Balaban J connectivity index is 0.000000557. The average molecular weight is 542 g/mol. The van der Waals surface area contributed by atoms with Gasteiger partial charge in [0.15, 0.2) is 11.2 Å². The van der Waals surface area contributed by atoms with Crippen molar-refractivity contribution >= 4 is 5.91 Å². The predicted molar refractivity (Wildman–Crippen MR) is 163 cm³/mol. The number of pyridine rings is 1. The summed E-state index contributed by atoms with van der Waals surface area (Å²) in [6, 6.07) is 21.3. The Morgan fingerprint density at radius 1 is 1.02 bits per heavy atom. The molecule has 1 aromatic heterocycles. The summed E-state index contributed by atoms with van der Waals surface area (Å²) >= 11 is 0. The van der Waals surface area contributed by atoms with E-state index in [0.717, 1.165) is 34.4 Å². The number of nitriles is 2. The Bertz CT molecular complexity index is 1330. The first-order valence-electron chi connectivity index (χ1n) is 13.8. The molecular weight excluding hydrogens is 498 g/mol. The van der Waals surface area contributed by atoms with Gasteiger partial charge in [-0.3, -0.25) is 14.4 Å². The van der Waals surface area contributed by atoms with Crippen LogP contribution in [0.5, 0.6) is 5.75 Å². The molecule has 1 N–H and O–H groups in total. The zero-order valence-electron chi connectivity index (χ0n) is 25.0. The summed E-state index contributed by atoms with van der Waals surface area (Å²) in [5.41, 5.74) is 5.51. The predicted octanol–water partition coefficient (Wildman–Crippen LogP) is 6.91. The number of ether oxygens (including phenoxy) is 1. The molecule has 0 bridgehead atoms. The number of aromatic nitrogens is 1. The third kappa shape index (κ3) is 9.84. The maximum absolute atomic E-state index is 12.6. The van der Waals surface area contributed by atoms with Crippen LogP contribution in [0.3, 0.4) is 0 Å². The maximum atomic E-state index is 12.6. The lowest BCUT2D eigenvalue weighted by atomic mass is 9.97. The third-order valence-electron chi connectivity index (χ3n) is 5.90. The SMILES string of the molecule is C1CCNC1.CC.CCCC#N.CN=c1c(OC)cc(-c2ccc(C#N)cc2)c(-c2ccc(C)cc2)n1C(C)=O. The van der Waals surface area contributed by atoms with Crippen LogP contribution in [0.2, 0.25) is 0 Å². The van der Waals surface area contributed by atoms with Crippen molar-refractivity contribution in [2.75, 3.05) is 27.2 Å². The Kier molecular flexibility index (Phi) is 16.0. The van der Waals surface area contributed by atoms with Crippen LogP contribution in [-0.4, -0.2) is 37.7 Å². The summed E-state index contributed by atoms with van der Waals surface area (Å²) in [6.07, 6.45) is 4.45. The van der Waals surface area contributed by atoms with E-state index in [1.54, 1.807) is 30.9 Å². The highest BCUT2D eigenvalue weighted by molar-refractivity contribution is 5.90. The number of methoxy groups -OCH3 is 1. The van der Waals surface area contributed by atoms with Gasteiger partial charge in [-0.15, -0.1) is 0 Å². The summed E-state index contributed by atoms with van der Waals surface area (Å²) < 4.78 is 7.11. The molecule has 0 aliphatic carbocycles. The van der Waals surface area contributed by atoms with Crippen molar-refractivity contribution in [2.45, 2.75) is 60.3 Å².